The third kappa shape index (κ3) is 4.99. The Hall–Kier alpha value is -1.92. The van der Waals surface area contributed by atoms with Gasteiger partial charge in [-0.25, -0.2) is 4.68 Å². The molecule has 3 rings (SSSR count). The van der Waals surface area contributed by atoms with Crippen molar-refractivity contribution in [3.8, 4) is 0 Å². The molecule has 1 aromatic carbocycles. The predicted molar refractivity (Wildman–Crippen MR) is 86.5 cm³/mol. The average molecular weight is 302 g/mol. The molecule has 0 amide bonds. The number of nitrogens with one attached hydrogen (secondary N) is 1. The molecule has 2 heterocycles. The van der Waals surface area contributed by atoms with Crippen LogP contribution in [0, 0.1) is 0 Å². The predicted octanol–water partition coefficient (Wildman–Crippen LogP) is 3.36. The summed E-state index contributed by atoms with van der Waals surface area (Å²) in [6.45, 7) is 0. The number of aromatic amines is 1. The zero-order chi connectivity index (χ0) is 14.0. The number of benzene rings is 1. The van der Waals surface area contributed by atoms with Gasteiger partial charge in [-0.15, -0.1) is 0 Å². The zero-order valence-corrected chi connectivity index (χ0v) is 12.3. The molecule has 2 aromatic heterocycles. The lowest BCUT2D eigenvalue weighted by atomic mass is 10.2. The summed E-state index contributed by atoms with van der Waals surface area (Å²) in [5.74, 6) is 0.888. The second kappa shape index (κ2) is 8.29. The Morgan fingerprint density at radius 1 is 1.15 bits per heavy atom. The Labute approximate surface area is 127 Å². The van der Waals surface area contributed by atoms with Gasteiger partial charge in [0.2, 0.25) is 0 Å². The van der Waals surface area contributed by atoms with E-state index in [1.807, 2.05) is 36.5 Å². The summed E-state index contributed by atoms with van der Waals surface area (Å²) >= 11 is 6.86. The Morgan fingerprint density at radius 2 is 2.00 bits per heavy atom. The molecule has 0 bridgehead atoms. The van der Waals surface area contributed by atoms with Crippen molar-refractivity contribution in [1.29, 1.82) is 0 Å². The van der Waals surface area contributed by atoms with Crippen LogP contribution in [0.15, 0.2) is 67.3 Å². The van der Waals surface area contributed by atoms with Crippen molar-refractivity contribution >= 4 is 28.3 Å². The van der Waals surface area contributed by atoms with Crippen molar-refractivity contribution in [3.05, 3.63) is 72.8 Å². The number of H-pyrrole nitrogens is 1. The normalized spacial score (nSPS) is 9.60. The summed E-state index contributed by atoms with van der Waals surface area (Å²) < 4.78 is 2.49. The summed E-state index contributed by atoms with van der Waals surface area (Å²) in [4.78, 5) is 0. The SMILES string of the molecule is S=C(SCc1ccccc1)n1cccn1.c1cn[nH]c1. The minimum atomic E-state index is 0.781. The van der Waals surface area contributed by atoms with Crippen LogP contribution in [0.5, 0.6) is 0 Å². The topological polar surface area (TPSA) is 46.5 Å². The van der Waals surface area contributed by atoms with Crippen molar-refractivity contribution in [3.63, 3.8) is 0 Å². The van der Waals surface area contributed by atoms with E-state index in [1.54, 1.807) is 35.0 Å². The fraction of sp³-hybridized carbons (Fsp3) is 0.0714. The van der Waals surface area contributed by atoms with E-state index >= 15 is 0 Å². The molecule has 3 aromatic rings. The van der Waals surface area contributed by atoms with E-state index in [1.165, 1.54) is 5.56 Å². The van der Waals surface area contributed by atoms with E-state index in [4.69, 9.17) is 12.2 Å². The largest absolute Gasteiger partial charge is 0.286 e. The van der Waals surface area contributed by atoms with E-state index in [9.17, 15) is 0 Å². The maximum absolute atomic E-state index is 5.24. The molecule has 0 saturated heterocycles. The lowest BCUT2D eigenvalue weighted by molar-refractivity contribution is 0.964. The lowest BCUT2D eigenvalue weighted by Gasteiger charge is -2.03. The molecule has 0 saturated carbocycles. The van der Waals surface area contributed by atoms with E-state index in [0.717, 1.165) is 10.1 Å². The number of rotatable bonds is 2. The van der Waals surface area contributed by atoms with Crippen molar-refractivity contribution in [2.24, 2.45) is 0 Å². The minimum Gasteiger partial charge on any atom is -0.286 e. The van der Waals surface area contributed by atoms with Crippen LogP contribution in [0.25, 0.3) is 0 Å². The minimum absolute atomic E-state index is 0.781. The van der Waals surface area contributed by atoms with Crippen LogP contribution in [0.4, 0.5) is 0 Å². The second-order valence-electron chi connectivity index (χ2n) is 3.76. The molecule has 0 unspecified atom stereocenters. The molecule has 0 aliphatic heterocycles. The van der Waals surface area contributed by atoms with Crippen molar-refractivity contribution in [2.75, 3.05) is 0 Å². The molecule has 20 heavy (non-hydrogen) atoms. The zero-order valence-electron chi connectivity index (χ0n) is 10.7. The van der Waals surface area contributed by atoms with Gasteiger partial charge in [-0.2, -0.15) is 10.2 Å². The molecular formula is C14H14N4S2. The van der Waals surface area contributed by atoms with Crippen molar-refractivity contribution < 1.29 is 0 Å². The standard InChI is InChI=1S/C11H10N2S2.C3H4N2/c14-11(13-8-4-7-12-13)15-9-10-5-2-1-3-6-10;1-2-4-5-3-1/h1-8H,9H2;1-3H,(H,4,5). The van der Waals surface area contributed by atoms with Gasteiger partial charge in [0, 0.05) is 30.5 Å². The van der Waals surface area contributed by atoms with E-state index in [0.29, 0.717) is 0 Å². The van der Waals surface area contributed by atoms with E-state index in [-0.39, 0.29) is 0 Å². The number of thioether (sulfide) groups is 1. The smallest absolute Gasteiger partial charge is 0.161 e. The van der Waals surface area contributed by atoms with E-state index in [2.05, 4.69) is 27.4 Å². The summed E-state index contributed by atoms with van der Waals surface area (Å²) in [5, 5.41) is 10.3. The monoisotopic (exact) mass is 302 g/mol. The second-order valence-corrected chi connectivity index (χ2v) is 5.37. The Morgan fingerprint density at radius 3 is 2.55 bits per heavy atom. The van der Waals surface area contributed by atoms with Crippen LogP contribution in [-0.4, -0.2) is 24.3 Å². The molecule has 0 atom stereocenters. The molecule has 6 heteroatoms. The highest BCUT2D eigenvalue weighted by molar-refractivity contribution is 8.22. The average Bonchev–Trinajstić information content (AvgIpc) is 3.20. The summed E-state index contributed by atoms with van der Waals surface area (Å²) in [6, 6.07) is 14.0. The van der Waals surface area contributed by atoms with Gasteiger partial charge in [-0.1, -0.05) is 54.3 Å². The van der Waals surface area contributed by atoms with E-state index < -0.39 is 0 Å². The van der Waals surface area contributed by atoms with Gasteiger partial charge in [-0.05, 0) is 17.7 Å². The van der Waals surface area contributed by atoms with Crippen LogP contribution in [-0.2, 0) is 5.75 Å². The number of nitrogens with zero attached hydrogens (tertiary/aromatic N) is 3. The van der Waals surface area contributed by atoms with Crippen molar-refractivity contribution in [1.82, 2.24) is 20.0 Å². The molecule has 4 nitrogen and oxygen atoms in total. The van der Waals surface area contributed by atoms with Gasteiger partial charge in [0.05, 0.1) is 0 Å². The third-order valence-corrected chi connectivity index (χ3v) is 3.75. The summed E-state index contributed by atoms with van der Waals surface area (Å²) in [5.41, 5.74) is 1.28. The first kappa shape index (κ1) is 14.5. The fourth-order valence-corrected chi connectivity index (χ4v) is 2.39. The molecule has 0 spiro atoms. The first-order valence-corrected chi connectivity index (χ1v) is 7.40. The molecule has 0 fully saturated rings. The Bertz CT molecular complexity index is 574. The highest BCUT2D eigenvalue weighted by Crippen LogP contribution is 2.14. The Kier molecular flexibility index (Phi) is 6.01. The number of hydrogen-bond donors (Lipinski definition) is 1. The van der Waals surface area contributed by atoms with Gasteiger partial charge in [0.25, 0.3) is 0 Å². The molecular weight excluding hydrogens is 288 g/mol. The van der Waals surface area contributed by atoms with Gasteiger partial charge in [0.1, 0.15) is 0 Å². The first-order valence-electron chi connectivity index (χ1n) is 6.00. The van der Waals surface area contributed by atoms with Crippen LogP contribution in [0.2, 0.25) is 0 Å². The molecule has 0 aliphatic carbocycles. The van der Waals surface area contributed by atoms with Gasteiger partial charge >= 0.3 is 0 Å². The molecule has 102 valence electrons. The van der Waals surface area contributed by atoms with Crippen LogP contribution < -0.4 is 0 Å². The molecule has 0 radical (unpaired) electrons. The molecule has 0 aliphatic rings. The third-order valence-electron chi connectivity index (χ3n) is 2.30. The van der Waals surface area contributed by atoms with Gasteiger partial charge in [0.15, 0.2) is 4.32 Å². The summed E-state index contributed by atoms with van der Waals surface area (Å²) in [6.07, 6.45) is 7.05. The quantitative estimate of drug-likeness (QED) is 0.737. The first-order chi connectivity index (χ1) is 9.86. The van der Waals surface area contributed by atoms with Crippen molar-refractivity contribution in [2.45, 2.75) is 5.75 Å². The van der Waals surface area contributed by atoms with Crippen LogP contribution in [0.3, 0.4) is 0 Å². The van der Waals surface area contributed by atoms with Crippen LogP contribution >= 0.6 is 24.0 Å². The highest BCUT2D eigenvalue weighted by atomic mass is 32.2. The Balaban J connectivity index is 0.000000247. The fourth-order valence-electron chi connectivity index (χ4n) is 1.38. The number of thiocarbonyl (C=S) groups is 1. The van der Waals surface area contributed by atoms with Crippen LogP contribution in [0.1, 0.15) is 5.56 Å². The maximum Gasteiger partial charge on any atom is 0.161 e. The van der Waals surface area contributed by atoms with Gasteiger partial charge in [-0.3, -0.25) is 5.10 Å². The number of aromatic nitrogens is 4. The van der Waals surface area contributed by atoms with Gasteiger partial charge < -0.3 is 0 Å². The highest BCUT2D eigenvalue weighted by Gasteiger charge is 2.00. The maximum atomic E-state index is 5.24. The number of hydrogen-bond acceptors (Lipinski definition) is 4. The summed E-state index contributed by atoms with van der Waals surface area (Å²) in [7, 11) is 0. The lowest BCUT2D eigenvalue weighted by Crippen LogP contribution is -2.05. The molecule has 1 N–H and O–H groups in total.